The molecule has 0 aromatic heterocycles. The molecule has 1 aliphatic rings. The largest absolute Gasteiger partial charge is 0.392 e. The highest BCUT2D eigenvalue weighted by atomic mass is 16.3. The predicted octanol–water partition coefficient (Wildman–Crippen LogP) is 3.12. The van der Waals surface area contributed by atoms with Gasteiger partial charge >= 0.3 is 0 Å². The summed E-state index contributed by atoms with van der Waals surface area (Å²) in [7, 11) is 0. The molecule has 0 unspecified atom stereocenters. The van der Waals surface area contributed by atoms with E-state index in [1.165, 1.54) is 0 Å². The molecule has 0 heterocycles. The molecule has 0 bridgehead atoms. The predicted molar refractivity (Wildman–Crippen MR) is 106 cm³/mol. The van der Waals surface area contributed by atoms with Gasteiger partial charge in [-0.3, -0.25) is 9.59 Å². The minimum absolute atomic E-state index is 0.0787. The summed E-state index contributed by atoms with van der Waals surface area (Å²) in [6, 6.07) is 0. The summed E-state index contributed by atoms with van der Waals surface area (Å²) in [5, 5.41) is 29.2. The molecule has 0 saturated heterocycles. The molecule has 27 heavy (non-hydrogen) atoms. The van der Waals surface area contributed by atoms with Crippen LogP contribution in [-0.2, 0) is 9.59 Å². The zero-order valence-electron chi connectivity index (χ0n) is 16.8. The summed E-state index contributed by atoms with van der Waals surface area (Å²) in [6.45, 7) is 3.51. The number of carbonyl (C=O) groups excluding carboxylic acids is 2. The van der Waals surface area contributed by atoms with E-state index in [0.29, 0.717) is 25.7 Å². The van der Waals surface area contributed by atoms with Gasteiger partial charge in [-0.15, -0.1) is 0 Å². The Labute approximate surface area is 163 Å². The highest BCUT2D eigenvalue weighted by molar-refractivity contribution is 5.84. The fourth-order valence-corrected chi connectivity index (χ4v) is 3.52. The van der Waals surface area contributed by atoms with Gasteiger partial charge in [0.1, 0.15) is 12.4 Å². The van der Waals surface area contributed by atoms with E-state index >= 15 is 0 Å². The summed E-state index contributed by atoms with van der Waals surface area (Å²) in [5.41, 5.74) is -0.749. The number of aliphatic hydroxyl groups excluding tert-OH is 2. The monoisotopic (exact) mass is 380 g/mol. The summed E-state index contributed by atoms with van der Waals surface area (Å²) >= 11 is 0. The molecule has 5 nitrogen and oxygen atoms in total. The maximum Gasteiger partial charge on any atom is 0.158 e. The summed E-state index contributed by atoms with van der Waals surface area (Å²) in [5.74, 6) is -0.514. The van der Waals surface area contributed by atoms with Crippen LogP contribution in [-0.4, -0.2) is 45.2 Å². The molecule has 5 heteroatoms. The highest BCUT2D eigenvalue weighted by Crippen LogP contribution is 2.33. The Balaban J connectivity index is 2.51. The number of allylic oxidation sites excluding steroid dienone is 2. The first-order valence-electron chi connectivity index (χ1n) is 10.2. The topological polar surface area (TPSA) is 94.8 Å². The van der Waals surface area contributed by atoms with Crippen LogP contribution in [0.25, 0.3) is 0 Å². The van der Waals surface area contributed by atoms with Crippen LogP contribution >= 0.6 is 0 Å². The van der Waals surface area contributed by atoms with Gasteiger partial charge in [0.25, 0.3) is 0 Å². The molecule has 4 atom stereocenters. The van der Waals surface area contributed by atoms with Gasteiger partial charge in [0.15, 0.2) is 5.78 Å². The van der Waals surface area contributed by atoms with Crippen molar-refractivity contribution in [3.63, 3.8) is 0 Å². The number of hydrogen-bond acceptors (Lipinski definition) is 5. The lowest BCUT2D eigenvalue weighted by Gasteiger charge is -2.22. The van der Waals surface area contributed by atoms with Crippen molar-refractivity contribution in [2.24, 2.45) is 11.8 Å². The number of aliphatic hydroxyl groups is 3. The van der Waals surface area contributed by atoms with Crippen LogP contribution in [0.2, 0.25) is 0 Å². The molecule has 0 aliphatic heterocycles. The molecule has 1 rings (SSSR count). The maximum atomic E-state index is 12.2. The van der Waals surface area contributed by atoms with Gasteiger partial charge in [0, 0.05) is 24.7 Å². The van der Waals surface area contributed by atoms with Crippen LogP contribution < -0.4 is 0 Å². The van der Waals surface area contributed by atoms with E-state index in [4.69, 9.17) is 5.11 Å². The Kier molecular flexibility index (Phi) is 10.7. The zero-order valence-corrected chi connectivity index (χ0v) is 16.8. The summed E-state index contributed by atoms with van der Waals surface area (Å²) < 4.78 is 0. The standard InChI is InChI=1S/C22H36O5/c1-3-4-13-22(2,27)14-9-12-19-18(20(25)15-21(19)26)11-8-6-5-7-10-17(24)16-23/h6,8-9,12,18-19,21,23,26-27H,3-5,7,10-11,13-16H2,1-2H3/b8-6-,12-9+/t18-,19-,21-,22+/m1/s1. The van der Waals surface area contributed by atoms with Gasteiger partial charge in [-0.1, -0.05) is 44.1 Å². The second-order valence-electron chi connectivity index (χ2n) is 7.95. The Morgan fingerprint density at radius 2 is 2.00 bits per heavy atom. The second kappa shape index (κ2) is 12.2. The van der Waals surface area contributed by atoms with Gasteiger partial charge < -0.3 is 15.3 Å². The van der Waals surface area contributed by atoms with Crippen molar-refractivity contribution in [2.45, 2.75) is 83.3 Å². The van der Waals surface area contributed by atoms with Crippen LogP contribution in [0, 0.1) is 11.8 Å². The normalized spacial score (nSPS) is 25.5. The number of ketones is 2. The van der Waals surface area contributed by atoms with Gasteiger partial charge in [-0.05, 0) is 39.0 Å². The molecular weight excluding hydrogens is 344 g/mol. The van der Waals surface area contributed by atoms with E-state index in [1.54, 1.807) is 0 Å². The number of carbonyl (C=O) groups is 2. The first kappa shape index (κ1) is 23.7. The average Bonchev–Trinajstić information content (AvgIpc) is 2.89. The van der Waals surface area contributed by atoms with E-state index in [9.17, 15) is 19.8 Å². The van der Waals surface area contributed by atoms with E-state index in [2.05, 4.69) is 6.92 Å². The van der Waals surface area contributed by atoms with Gasteiger partial charge in [-0.25, -0.2) is 0 Å². The smallest absolute Gasteiger partial charge is 0.158 e. The quantitative estimate of drug-likeness (QED) is 0.337. The van der Waals surface area contributed by atoms with E-state index in [1.807, 2.05) is 31.2 Å². The van der Waals surface area contributed by atoms with Crippen molar-refractivity contribution in [2.75, 3.05) is 6.61 Å². The molecule has 0 spiro atoms. The highest BCUT2D eigenvalue weighted by Gasteiger charge is 2.39. The number of Topliss-reactive ketones (excluding diaryl/α,β-unsaturated/α-hetero) is 2. The Bertz CT molecular complexity index is 521. The third-order valence-electron chi connectivity index (χ3n) is 5.28. The SMILES string of the molecule is CCCC[C@](C)(O)C/C=C/[C@H]1[C@H](O)CC(=O)[C@@H]1C/C=C\CCCC(=O)CO. The third kappa shape index (κ3) is 8.96. The lowest BCUT2D eigenvalue weighted by Crippen LogP contribution is -2.23. The van der Waals surface area contributed by atoms with Crippen molar-refractivity contribution in [1.29, 1.82) is 0 Å². The van der Waals surface area contributed by atoms with Crippen molar-refractivity contribution >= 4 is 11.6 Å². The lowest BCUT2D eigenvalue weighted by molar-refractivity contribution is -0.122. The van der Waals surface area contributed by atoms with Gasteiger partial charge in [0.05, 0.1) is 11.7 Å². The third-order valence-corrected chi connectivity index (χ3v) is 5.28. The molecule has 1 saturated carbocycles. The Morgan fingerprint density at radius 3 is 2.67 bits per heavy atom. The minimum Gasteiger partial charge on any atom is -0.392 e. The van der Waals surface area contributed by atoms with Crippen molar-refractivity contribution in [1.82, 2.24) is 0 Å². The van der Waals surface area contributed by atoms with Crippen molar-refractivity contribution in [3.05, 3.63) is 24.3 Å². The lowest BCUT2D eigenvalue weighted by atomic mass is 9.89. The number of unbranched alkanes of at least 4 members (excludes halogenated alkanes) is 2. The first-order chi connectivity index (χ1) is 12.8. The van der Waals surface area contributed by atoms with Crippen LogP contribution in [0.5, 0.6) is 0 Å². The molecule has 0 aromatic rings. The number of hydrogen-bond donors (Lipinski definition) is 3. The van der Waals surface area contributed by atoms with E-state index < -0.39 is 18.3 Å². The van der Waals surface area contributed by atoms with Gasteiger partial charge in [0.2, 0.25) is 0 Å². The van der Waals surface area contributed by atoms with Crippen LogP contribution in [0.3, 0.4) is 0 Å². The maximum absolute atomic E-state index is 12.2. The Hall–Kier alpha value is -1.30. The first-order valence-corrected chi connectivity index (χ1v) is 10.2. The molecule has 3 N–H and O–H groups in total. The minimum atomic E-state index is -0.749. The molecule has 0 radical (unpaired) electrons. The van der Waals surface area contributed by atoms with Crippen LogP contribution in [0.4, 0.5) is 0 Å². The summed E-state index contributed by atoms with van der Waals surface area (Å²) in [4.78, 5) is 23.2. The number of rotatable bonds is 13. The molecule has 1 fully saturated rings. The summed E-state index contributed by atoms with van der Waals surface area (Å²) in [6.07, 6.45) is 12.9. The van der Waals surface area contributed by atoms with Gasteiger partial charge in [-0.2, -0.15) is 0 Å². The zero-order chi connectivity index (χ0) is 20.3. The molecule has 154 valence electrons. The average molecular weight is 381 g/mol. The molecule has 1 aliphatic carbocycles. The van der Waals surface area contributed by atoms with Crippen LogP contribution in [0.15, 0.2) is 24.3 Å². The second-order valence-corrected chi connectivity index (χ2v) is 7.95. The Morgan fingerprint density at radius 1 is 1.26 bits per heavy atom. The molecule has 0 amide bonds. The van der Waals surface area contributed by atoms with E-state index in [0.717, 1.165) is 25.7 Å². The van der Waals surface area contributed by atoms with E-state index in [-0.39, 0.29) is 29.8 Å². The van der Waals surface area contributed by atoms with Crippen molar-refractivity contribution < 1.29 is 24.9 Å². The van der Waals surface area contributed by atoms with Crippen molar-refractivity contribution in [3.8, 4) is 0 Å². The fourth-order valence-electron chi connectivity index (χ4n) is 3.52. The fraction of sp³-hybridized carbons (Fsp3) is 0.727. The molecular formula is C22H36O5. The molecule has 0 aromatic carbocycles. The van der Waals surface area contributed by atoms with Crippen LogP contribution in [0.1, 0.15) is 71.6 Å².